The highest BCUT2D eigenvalue weighted by Gasteiger charge is 2.10. The van der Waals surface area contributed by atoms with E-state index in [-0.39, 0.29) is 0 Å². The summed E-state index contributed by atoms with van der Waals surface area (Å²) in [5.74, 6) is 0.0170. The van der Waals surface area contributed by atoms with E-state index in [0.717, 1.165) is 5.56 Å². The number of carbonyl (C=O) groups is 2. The van der Waals surface area contributed by atoms with Gasteiger partial charge in [0.25, 0.3) is 0 Å². The van der Waals surface area contributed by atoms with E-state index in [2.05, 4.69) is 15.8 Å². The molecule has 0 unspecified atom stereocenters. The maximum absolute atomic E-state index is 12.1. The Morgan fingerprint density at radius 3 is 2.37 bits per heavy atom. The Morgan fingerprint density at radius 2 is 1.66 bits per heavy atom. The standard InChI is InChI=1S/C25H22Cl3N3O4/c1-2-34-23-11-17(5-10-22(23)35-15-16-3-6-18(26)7-4-16)14-29-31-25(33)13-24(32)30-19-8-9-20(27)21(28)12-19/h3-12,14H,2,13,15H2,1H3,(H,30,32)(H,31,33)/b29-14-. The highest BCUT2D eigenvalue weighted by atomic mass is 35.5. The van der Waals surface area contributed by atoms with Crippen LogP contribution in [0.25, 0.3) is 0 Å². The van der Waals surface area contributed by atoms with Crippen LogP contribution in [0.3, 0.4) is 0 Å². The van der Waals surface area contributed by atoms with Gasteiger partial charge in [0, 0.05) is 10.7 Å². The number of carbonyl (C=O) groups excluding carboxylic acids is 2. The average molecular weight is 535 g/mol. The minimum atomic E-state index is -0.577. The Kier molecular flexibility index (Phi) is 9.78. The summed E-state index contributed by atoms with van der Waals surface area (Å²) in [4.78, 5) is 24.1. The molecule has 2 N–H and O–H groups in total. The van der Waals surface area contributed by atoms with Gasteiger partial charge in [-0.05, 0) is 66.6 Å². The Hall–Kier alpha value is -3.26. The number of nitrogens with zero attached hydrogens (tertiary/aromatic N) is 1. The molecule has 35 heavy (non-hydrogen) atoms. The Morgan fingerprint density at radius 1 is 0.886 bits per heavy atom. The number of hydrogen-bond donors (Lipinski definition) is 2. The molecule has 0 atom stereocenters. The summed E-state index contributed by atoms with van der Waals surface area (Å²) < 4.78 is 11.5. The zero-order chi connectivity index (χ0) is 25.2. The summed E-state index contributed by atoms with van der Waals surface area (Å²) in [7, 11) is 0. The van der Waals surface area contributed by atoms with Crippen LogP contribution in [-0.4, -0.2) is 24.6 Å². The molecule has 0 saturated heterocycles. The van der Waals surface area contributed by atoms with Gasteiger partial charge in [0.2, 0.25) is 11.8 Å². The number of amides is 2. The molecule has 3 aromatic rings. The Balaban J connectivity index is 1.53. The molecule has 0 radical (unpaired) electrons. The molecule has 2 amide bonds. The number of benzene rings is 3. The maximum atomic E-state index is 12.1. The van der Waals surface area contributed by atoms with Crippen LogP contribution in [0.4, 0.5) is 5.69 Å². The maximum Gasteiger partial charge on any atom is 0.249 e. The van der Waals surface area contributed by atoms with Gasteiger partial charge in [-0.15, -0.1) is 0 Å². The van der Waals surface area contributed by atoms with Crippen LogP contribution in [0.5, 0.6) is 11.5 Å². The van der Waals surface area contributed by atoms with Crippen molar-refractivity contribution < 1.29 is 19.1 Å². The first-order valence-electron chi connectivity index (χ1n) is 10.5. The molecule has 0 bridgehead atoms. The van der Waals surface area contributed by atoms with Crippen molar-refractivity contribution >= 4 is 58.5 Å². The van der Waals surface area contributed by atoms with Crippen molar-refractivity contribution in [3.8, 4) is 11.5 Å². The number of halogens is 3. The van der Waals surface area contributed by atoms with Gasteiger partial charge in [-0.1, -0.05) is 46.9 Å². The van der Waals surface area contributed by atoms with Crippen molar-refractivity contribution in [3.05, 3.63) is 86.9 Å². The molecule has 0 spiro atoms. The van der Waals surface area contributed by atoms with Crippen LogP contribution >= 0.6 is 34.8 Å². The van der Waals surface area contributed by atoms with Gasteiger partial charge in [-0.2, -0.15) is 5.10 Å². The number of hydrogen-bond acceptors (Lipinski definition) is 5. The van der Waals surface area contributed by atoms with Crippen LogP contribution in [0.1, 0.15) is 24.5 Å². The zero-order valence-electron chi connectivity index (χ0n) is 18.7. The third kappa shape index (κ3) is 8.47. The molecule has 7 nitrogen and oxygen atoms in total. The molecule has 0 aliphatic heterocycles. The first-order chi connectivity index (χ1) is 16.8. The molecule has 0 aliphatic rings. The highest BCUT2D eigenvalue weighted by molar-refractivity contribution is 6.42. The Bertz CT molecular complexity index is 1220. The van der Waals surface area contributed by atoms with E-state index in [1.807, 2.05) is 19.1 Å². The third-order valence-corrected chi connectivity index (χ3v) is 5.49. The molecule has 3 rings (SSSR count). The fourth-order valence-electron chi connectivity index (χ4n) is 2.88. The lowest BCUT2D eigenvalue weighted by Crippen LogP contribution is -2.24. The molecular formula is C25H22Cl3N3O4. The number of anilines is 1. The second-order valence-corrected chi connectivity index (χ2v) is 8.45. The Labute approximate surface area is 218 Å². The van der Waals surface area contributed by atoms with Gasteiger partial charge in [-0.25, -0.2) is 5.43 Å². The highest BCUT2D eigenvalue weighted by Crippen LogP contribution is 2.29. The van der Waals surface area contributed by atoms with Crippen molar-refractivity contribution in [2.45, 2.75) is 20.0 Å². The van der Waals surface area contributed by atoms with Crippen LogP contribution in [0.2, 0.25) is 15.1 Å². The quantitative estimate of drug-likeness (QED) is 0.187. The van der Waals surface area contributed by atoms with E-state index in [9.17, 15) is 9.59 Å². The summed E-state index contributed by atoms with van der Waals surface area (Å²) in [6.07, 6.45) is 1.03. The largest absolute Gasteiger partial charge is 0.490 e. The molecule has 0 fully saturated rings. The van der Waals surface area contributed by atoms with E-state index < -0.39 is 18.2 Å². The second-order valence-electron chi connectivity index (χ2n) is 7.20. The average Bonchev–Trinajstić information content (AvgIpc) is 2.82. The number of ether oxygens (including phenoxy) is 2. The van der Waals surface area contributed by atoms with E-state index in [0.29, 0.717) is 51.0 Å². The smallest absolute Gasteiger partial charge is 0.249 e. The van der Waals surface area contributed by atoms with Crippen LogP contribution in [0.15, 0.2) is 65.8 Å². The summed E-state index contributed by atoms with van der Waals surface area (Å²) in [5, 5.41) is 7.80. The fraction of sp³-hybridized carbons (Fsp3) is 0.160. The molecule has 0 saturated carbocycles. The van der Waals surface area contributed by atoms with E-state index >= 15 is 0 Å². The van der Waals surface area contributed by atoms with Gasteiger partial charge in [-0.3, -0.25) is 9.59 Å². The summed E-state index contributed by atoms with van der Waals surface area (Å²) in [5.41, 5.74) is 4.40. The zero-order valence-corrected chi connectivity index (χ0v) is 21.0. The molecule has 0 aliphatic carbocycles. The molecule has 182 valence electrons. The molecular weight excluding hydrogens is 513 g/mol. The van der Waals surface area contributed by atoms with Gasteiger partial charge in [0.1, 0.15) is 13.0 Å². The molecule has 0 aromatic heterocycles. The lowest BCUT2D eigenvalue weighted by molar-refractivity contribution is -0.126. The van der Waals surface area contributed by atoms with E-state index in [4.69, 9.17) is 44.3 Å². The predicted octanol–water partition coefficient (Wildman–Crippen LogP) is 6.10. The van der Waals surface area contributed by atoms with Crippen LogP contribution in [-0.2, 0) is 16.2 Å². The van der Waals surface area contributed by atoms with Crippen molar-refractivity contribution in [2.24, 2.45) is 5.10 Å². The minimum absolute atomic E-state index is 0.298. The predicted molar refractivity (Wildman–Crippen MR) is 139 cm³/mol. The van der Waals surface area contributed by atoms with Crippen molar-refractivity contribution in [1.29, 1.82) is 0 Å². The topological polar surface area (TPSA) is 89.0 Å². The number of nitrogens with one attached hydrogen (secondary N) is 2. The van der Waals surface area contributed by atoms with E-state index in [1.54, 1.807) is 42.5 Å². The molecule has 0 heterocycles. The monoisotopic (exact) mass is 533 g/mol. The lowest BCUT2D eigenvalue weighted by atomic mass is 10.2. The van der Waals surface area contributed by atoms with Crippen molar-refractivity contribution in [3.63, 3.8) is 0 Å². The third-order valence-electron chi connectivity index (χ3n) is 4.50. The first-order valence-corrected chi connectivity index (χ1v) is 11.7. The summed E-state index contributed by atoms with van der Waals surface area (Å²) in [6.45, 7) is 2.67. The normalized spacial score (nSPS) is 10.7. The minimum Gasteiger partial charge on any atom is -0.490 e. The molecule has 3 aromatic carbocycles. The fourth-order valence-corrected chi connectivity index (χ4v) is 3.30. The van der Waals surface area contributed by atoms with Crippen molar-refractivity contribution in [1.82, 2.24) is 5.43 Å². The van der Waals surface area contributed by atoms with Crippen LogP contribution < -0.4 is 20.2 Å². The van der Waals surface area contributed by atoms with Gasteiger partial charge < -0.3 is 14.8 Å². The van der Waals surface area contributed by atoms with Gasteiger partial charge in [0.15, 0.2) is 11.5 Å². The van der Waals surface area contributed by atoms with Crippen molar-refractivity contribution in [2.75, 3.05) is 11.9 Å². The van der Waals surface area contributed by atoms with Gasteiger partial charge >= 0.3 is 0 Å². The summed E-state index contributed by atoms with van der Waals surface area (Å²) in [6, 6.07) is 17.3. The molecule has 10 heteroatoms. The first kappa shape index (κ1) is 26.3. The van der Waals surface area contributed by atoms with E-state index in [1.165, 1.54) is 12.3 Å². The number of rotatable bonds is 10. The lowest BCUT2D eigenvalue weighted by Gasteiger charge is -2.12. The SMILES string of the molecule is CCOc1cc(/C=N\NC(=O)CC(=O)Nc2ccc(Cl)c(Cl)c2)ccc1OCc1ccc(Cl)cc1. The summed E-state index contributed by atoms with van der Waals surface area (Å²) >= 11 is 17.7. The number of hydrazone groups is 1. The second kappa shape index (κ2) is 13.0. The van der Waals surface area contributed by atoms with Crippen LogP contribution in [0, 0.1) is 0 Å². The van der Waals surface area contributed by atoms with Gasteiger partial charge in [0.05, 0.1) is 22.9 Å².